The van der Waals surface area contributed by atoms with Crippen molar-refractivity contribution in [3.8, 4) is 17.2 Å². The number of rotatable bonds is 6. The number of hydrogen-bond donors (Lipinski definition) is 2. The number of benzene rings is 1. The molecule has 0 unspecified atom stereocenters. The van der Waals surface area contributed by atoms with E-state index in [2.05, 4.69) is 11.6 Å². The Morgan fingerprint density at radius 2 is 2.00 bits per heavy atom. The van der Waals surface area contributed by atoms with Crippen molar-refractivity contribution in [2.75, 3.05) is 0 Å². The van der Waals surface area contributed by atoms with E-state index in [-0.39, 0.29) is 34.9 Å². The number of aromatic hydroxyl groups is 1. The van der Waals surface area contributed by atoms with Gasteiger partial charge in [-0.05, 0) is 36.5 Å². The molecule has 2 heterocycles. The van der Waals surface area contributed by atoms with E-state index in [1.165, 1.54) is 16.7 Å². The van der Waals surface area contributed by atoms with Gasteiger partial charge >= 0.3 is 0 Å². The maximum absolute atomic E-state index is 12.2. The highest BCUT2D eigenvalue weighted by Gasteiger charge is 2.15. The molecule has 0 bridgehead atoms. The molecular formula is C18H15N3O5S. The first-order valence-electron chi connectivity index (χ1n) is 7.90. The Morgan fingerprint density at radius 1 is 1.30 bits per heavy atom. The van der Waals surface area contributed by atoms with E-state index in [4.69, 9.17) is 16.6 Å². The number of aromatic nitrogens is 2. The summed E-state index contributed by atoms with van der Waals surface area (Å²) in [5.41, 5.74) is 0.270. The number of nitrogens with zero attached hydrogens (tertiary/aromatic N) is 2. The van der Waals surface area contributed by atoms with Gasteiger partial charge in [0.1, 0.15) is 11.5 Å². The predicted molar refractivity (Wildman–Crippen MR) is 101 cm³/mol. The molecule has 3 rings (SSSR count). The zero-order chi connectivity index (χ0) is 19.6. The maximum atomic E-state index is 12.2. The van der Waals surface area contributed by atoms with Gasteiger partial charge in [-0.15, -0.1) is 6.58 Å². The lowest BCUT2D eigenvalue weighted by atomic mass is 10.1. The van der Waals surface area contributed by atoms with Crippen LogP contribution in [0.15, 0.2) is 58.3 Å². The molecule has 27 heavy (non-hydrogen) atoms. The van der Waals surface area contributed by atoms with Gasteiger partial charge in [0.05, 0.1) is 10.5 Å². The normalized spacial score (nSPS) is 10.7. The number of hydrogen-bond acceptors (Lipinski definition) is 6. The summed E-state index contributed by atoms with van der Waals surface area (Å²) in [4.78, 5) is 24.9. The summed E-state index contributed by atoms with van der Waals surface area (Å²) < 4.78 is 7.19. The van der Waals surface area contributed by atoms with E-state index < -0.39 is 10.5 Å². The van der Waals surface area contributed by atoms with Crippen LogP contribution in [0.3, 0.4) is 0 Å². The predicted octanol–water partition coefficient (Wildman–Crippen LogP) is 3.56. The molecular weight excluding hydrogens is 370 g/mol. The van der Waals surface area contributed by atoms with Crippen LogP contribution in [0.25, 0.3) is 11.3 Å². The van der Waals surface area contributed by atoms with Crippen LogP contribution in [-0.4, -0.2) is 19.6 Å². The number of nitrogens with one attached hydrogen (secondary N) is 1. The molecule has 3 aromatic rings. The van der Waals surface area contributed by atoms with Gasteiger partial charge in [0.2, 0.25) is 5.88 Å². The second-order valence-corrected chi connectivity index (χ2v) is 6.09. The smallest absolute Gasteiger partial charge is 0.269 e. The second kappa shape index (κ2) is 7.42. The molecule has 138 valence electrons. The molecule has 0 saturated carbocycles. The number of nitro groups is 1. The first-order valence-corrected chi connectivity index (χ1v) is 8.31. The second-order valence-electron chi connectivity index (χ2n) is 5.71. The number of aromatic amines is 1. The van der Waals surface area contributed by atoms with E-state index in [1.807, 2.05) is 0 Å². The van der Waals surface area contributed by atoms with Crippen LogP contribution in [0.4, 0.5) is 5.69 Å². The molecule has 0 radical (unpaired) electrons. The lowest BCUT2D eigenvalue weighted by molar-refractivity contribution is -0.384. The molecule has 0 atom stereocenters. The van der Waals surface area contributed by atoms with Gasteiger partial charge in [-0.3, -0.25) is 24.5 Å². The van der Waals surface area contributed by atoms with Crippen LogP contribution in [0.5, 0.6) is 5.88 Å². The third kappa shape index (κ3) is 3.72. The van der Waals surface area contributed by atoms with Crippen LogP contribution >= 0.6 is 12.2 Å². The lowest BCUT2D eigenvalue weighted by Crippen LogP contribution is -2.19. The van der Waals surface area contributed by atoms with Crippen LogP contribution in [0.1, 0.15) is 11.3 Å². The third-order valence-corrected chi connectivity index (χ3v) is 4.27. The molecule has 8 nitrogen and oxygen atoms in total. The van der Waals surface area contributed by atoms with Crippen LogP contribution in [0.2, 0.25) is 0 Å². The van der Waals surface area contributed by atoms with Crippen molar-refractivity contribution >= 4 is 17.9 Å². The molecule has 2 aromatic heterocycles. The molecule has 0 saturated heterocycles. The summed E-state index contributed by atoms with van der Waals surface area (Å²) in [7, 11) is 0. The number of allylic oxidation sites excluding steroid dienone is 1. The van der Waals surface area contributed by atoms with Crippen LogP contribution in [-0.2, 0) is 13.0 Å². The van der Waals surface area contributed by atoms with Crippen molar-refractivity contribution in [3.63, 3.8) is 0 Å². The number of nitro benzene ring substituents is 1. The van der Waals surface area contributed by atoms with E-state index in [1.54, 1.807) is 30.3 Å². The highest BCUT2D eigenvalue weighted by molar-refractivity contribution is 7.71. The molecule has 0 amide bonds. The summed E-state index contributed by atoms with van der Waals surface area (Å²) in [6.45, 7) is 3.85. The van der Waals surface area contributed by atoms with Gasteiger partial charge in [0.25, 0.3) is 11.2 Å². The molecule has 0 aliphatic rings. The molecule has 1 aromatic carbocycles. The SMILES string of the molecule is C=CCn1c(O)c(Cc2ccc(-c3ccc([N+](=O)[O-])cc3)o2)c(=O)[nH]c1=S. The Labute approximate surface area is 158 Å². The fourth-order valence-corrected chi connectivity index (χ4v) is 2.86. The van der Waals surface area contributed by atoms with Gasteiger partial charge in [-0.2, -0.15) is 0 Å². The van der Waals surface area contributed by atoms with Crippen molar-refractivity contribution in [3.05, 3.63) is 85.6 Å². The third-order valence-electron chi connectivity index (χ3n) is 3.95. The number of furan rings is 1. The van der Waals surface area contributed by atoms with Gasteiger partial charge < -0.3 is 9.52 Å². The standard InChI is InChI=1S/C18H15N3O5S/c1-2-9-20-17(23)14(16(22)19-18(20)27)10-13-7-8-15(26-13)11-3-5-12(6-4-11)21(24)25/h2-8,23H,1,9-10H2,(H,19,22,27). The largest absolute Gasteiger partial charge is 0.494 e. The Hall–Kier alpha value is -3.46. The molecule has 2 N–H and O–H groups in total. The maximum Gasteiger partial charge on any atom is 0.269 e. The van der Waals surface area contributed by atoms with E-state index >= 15 is 0 Å². The molecule has 0 spiro atoms. The minimum absolute atomic E-state index is 0.0160. The number of non-ortho nitro benzene ring substituents is 1. The Balaban J connectivity index is 1.91. The summed E-state index contributed by atoms with van der Waals surface area (Å²) in [5.74, 6) is 0.707. The zero-order valence-electron chi connectivity index (χ0n) is 14.0. The summed E-state index contributed by atoms with van der Waals surface area (Å²) in [5, 5.41) is 21.1. The van der Waals surface area contributed by atoms with Crippen molar-refractivity contribution in [2.45, 2.75) is 13.0 Å². The average molecular weight is 385 g/mol. The van der Waals surface area contributed by atoms with Crippen LogP contribution in [0, 0.1) is 14.9 Å². The Morgan fingerprint density at radius 3 is 2.63 bits per heavy atom. The van der Waals surface area contributed by atoms with Gasteiger partial charge in [0.15, 0.2) is 4.77 Å². The fourth-order valence-electron chi connectivity index (χ4n) is 2.61. The highest BCUT2D eigenvalue weighted by Crippen LogP contribution is 2.26. The van der Waals surface area contributed by atoms with Gasteiger partial charge in [-0.1, -0.05) is 6.08 Å². The quantitative estimate of drug-likeness (QED) is 0.290. The Kier molecular flexibility index (Phi) is 5.04. The Bertz CT molecular complexity index is 1130. The van der Waals surface area contributed by atoms with E-state index in [0.717, 1.165) is 0 Å². The first-order chi connectivity index (χ1) is 12.9. The van der Waals surface area contributed by atoms with E-state index in [9.17, 15) is 20.0 Å². The molecule has 0 fully saturated rings. The highest BCUT2D eigenvalue weighted by atomic mass is 32.1. The fraction of sp³-hybridized carbons (Fsp3) is 0.111. The average Bonchev–Trinajstić information content (AvgIpc) is 3.11. The monoisotopic (exact) mass is 385 g/mol. The van der Waals surface area contributed by atoms with Gasteiger partial charge in [0, 0.05) is 30.7 Å². The molecule has 9 heteroatoms. The topological polar surface area (TPSA) is 114 Å². The summed E-state index contributed by atoms with van der Waals surface area (Å²) in [6.07, 6.45) is 1.61. The lowest BCUT2D eigenvalue weighted by Gasteiger charge is -2.10. The summed E-state index contributed by atoms with van der Waals surface area (Å²) in [6, 6.07) is 9.29. The van der Waals surface area contributed by atoms with Crippen molar-refractivity contribution in [2.24, 2.45) is 0 Å². The molecule has 0 aliphatic heterocycles. The van der Waals surface area contributed by atoms with Gasteiger partial charge in [-0.25, -0.2) is 0 Å². The number of H-pyrrole nitrogens is 1. The van der Waals surface area contributed by atoms with Crippen molar-refractivity contribution < 1.29 is 14.4 Å². The zero-order valence-corrected chi connectivity index (χ0v) is 14.9. The van der Waals surface area contributed by atoms with Crippen LogP contribution < -0.4 is 5.56 Å². The minimum atomic E-state index is -0.494. The van der Waals surface area contributed by atoms with E-state index in [0.29, 0.717) is 17.1 Å². The minimum Gasteiger partial charge on any atom is -0.494 e. The first kappa shape index (κ1) is 18.3. The van der Waals surface area contributed by atoms with Crippen molar-refractivity contribution in [1.82, 2.24) is 9.55 Å². The summed E-state index contributed by atoms with van der Waals surface area (Å²) >= 11 is 5.04. The molecule has 0 aliphatic carbocycles. The van der Waals surface area contributed by atoms with Crippen molar-refractivity contribution in [1.29, 1.82) is 0 Å².